The Morgan fingerprint density at radius 1 is 1.12 bits per heavy atom. The minimum absolute atomic E-state index is 0.0423. The quantitative estimate of drug-likeness (QED) is 0.330. The highest BCUT2D eigenvalue weighted by atomic mass is 35.5. The molecule has 0 fully saturated rings. The zero-order chi connectivity index (χ0) is 24.2. The molecule has 0 aliphatic heterocycles. The second-order valence-corrected chi connectivity index (χ2v) is 8.96. The molecule has 0 aliphatic rings. The normalized spacial score (nSPS) is 11.6. The molecular formula is C24H29ClN2O5S. The lowest BCUT2D eigenvalue weighted by Gasteiger charge is -2.20. The Labute approximate surface area is 201 Å². The number of benzene rings is 2. The van der Waals surface area contributed by atoms with Gasteiger partial charge in [-0.15, -0.1) is 0 Å². The number of carbonyl (C=O) groups excluding carboxylic acids is 1. The van der Waals surface area contributed by atoms with Crippen LogP contribution in [0, 0.1) is 17.8 Å². The van der Waals surface area contributed by atoms with Crippen molar-refractivity contribution in [3.05, 3.63) is 58.6 Å². The van der Waals surface area contributed by atoms with Gasteiger partial charge in [-0.1, -0.05) is 43.4 Å². The van der Waals surface area contributed by atoms with E-state index in [1.54, 1.807) is 19.2 Å². The molecule has 0 radical (unpaired) electrons. The Morgan fingerprint density at radius 3 is 2.48 bits per heavy atom. The summed E-state index contributed by atoms with van der Waals surface area (Å²) in [6, 6.07) is 12.2. The van der Waals surface area contributed by atoms with Gasteiger partial charge in [-0.25, -0.2) is 8.42 Å². The Bertz CT molecular complexity index is 1050. The van der Waals surface area contributed by atoms with Crippen LogP contribution in [0.15, 0.2) is 42.5 Å². The first-order chi connectivity index (χ1) is 15.8. The van der Waals surface area contributed by atoms with Gasteiger partial charge < -0.3 is 14.8 Å². The molecular weight excluding hydrogens is 464 g/mol. The SMILES string of the molecule is COc1cc(CCNC(=O)C(NC[SH](=O)=O)C(C)C)ccc1OCC#Cc1ccc(Cl)cc1. The average molecular weight is 493 g/mol. The third-order valence-electron chi connectivity index (χ3n) is 4.71. The van der Waals surface area contributed by atoms with Crippen LogP contribution in [0.2, 0.25) is 5.02 Å². The number of hydrogen-bond acceptors (Lipinski definition) is 6. The van der Waals surface area contributed by atoms with Crippen LogP contribution < -0.4 is 20.1 Å². The molecule has 0 aliphatic carbocycles. The van der Waals surface area contributed by atoms with E-state index in [4.69, 9.17) is 21.1 Å². The molecule has 0 bridgehead atoms. The molecule has 2 aromatic carbocycles. The highest BCUT2D eigenvalue weighted by molar-refractivity contribution is 7.72. The summed E-state index contributed by atoms with van der Waals surface area (Å²) in [7, 11) is -1.03. The first-order valence-electron chi connectivity index (χ1n) is 10.5. The minimum Gasteiger partial charge on any atom is -0.493 e. The summed E-state index contributed by atoms with van der Waals surface area (Å²) in [5.41, 5.74) is 1.81. The largest absolute Gasteiger partial charge is 0.493 e. The fourth-order valence-electron chi connectivity index (χ4n) is 3.02. The molecule has 2 N–H and O–H groups in total. The van der Waals surface area contributed by atoms with E-state index in [-0.39, 0.29) is 24.3 Å². The molecule has 0 saturated carbocycles. The lowest BCUT2D eigenvalue weighted by atomic mass is 10.0. The van der Waals surface area contributed by atoms with Crippen molar-refractivity contribution < 1.29 is 22.7 Å². The van der Waals surface area contributed by atoms with Crippen molar-refractivity contribution in [2.75, 3.05) is 26.1 Å². The highest BCUT2D eigenvalue weighted by Crippen LogP contribution is 2.28. The predicted molar refractivity (Wildman–Crippen MR) is 130 cm³/mol. The summed E-state index contributed by atoms with van der Waals surface area (Å²) in [6.45, 7) is 4.33. The van der Waals surface area contributed by atoms with E-state index in [0.717, 1.165) is 11.1 Å². The van der Waals surface area contributed by atoms with Gasteiger partial charge in [-0.2, -0.15) is 0 Å². The van der Waals surface area contributed by atoms with Gasteiger partial charge in [0.2, 0.25) is 5.91 Å². The number of halogens is 1. The van der Waals surface area contributed by atoms with Crippen LogP contribution in [0.1, 0.15) is 25.0 Å². The Hall–Kier alpha value is -2.73. The minimum atomic E-state index is -2.59. The predicted octanol–water partition coefficient (Wildman–Crippen LogP) is 2.62. The van der Waals surface area contributed by atoms with Crippen molar-refractivity contribution in [2.24, 2.45) is 5.92 Å². The fourth-order valence-corrected chi connectivity index (χ4v) is 3.49. The number of rotatable bonds is 11. The Balaban J connectivity index is 1.88. The molecule has 0 spiro atoms. The second kappa shape index (κ2) is 13.7. The summed E-state index contributed by atoms with van der Waals surface area (Å²) in [5.74, 6) is 6.62. The second-order valence-electron chi connectivity index (χ2n) is 7.54. The summed E-state index contributed by atoms with van der Waals surface area (Å²) in [5, 5.41) is 6.28. The summed E-state index contributed by atoms with van der Waals surface area (Å²) in [6.07, 6.45) is 0.583. The summed E-state index contributed by atoms with van der Waals surface area (Å²) >= 11 is 5.87. The molecule has 33 heavy (non-hydrogen) atoms. The van der Waals surface area contributed by atoms with Gasteiger partial charge in [0.1, 0.15) is 6.61 Å². The molecule has 1 atom stereocenters. The zero-order valence-corrected chi connectivity index (χ0v) is 20.5. The number of hydrogen-bond donors (Lipinski definition) is 3. The van der Waals surface area contributed by atoms with Crippen LogP contribution in [-0.2, 0) is 21.9 Å². The lowest BCUT2D eigenvalue weighted by molar-refractivity contribution is -0.124. The molecule has 1 unspecified atom stereocenters. The van der Waals surface area contributed by atoms with Crippen molar-refractivity contribution in [2.45, 2.75) is 26.3 Å². The molecule has 1 amide bonds. The van der Waals surface area contributed by atoms with Crippen molar-refractivity contribution in [3.8, 4) is 23.3 Å². The lowest BCUT2D eigenvalue weighted by Crippen LogP contribution is -2.48. The monoisotopic (exact) mass is 492 g/mol. The number of thiol groups is 1. The molecule has 0 saturated heterocycles. The van der Waals surface area contributed by atoms with Crippen LogP contribution >= 0.6 is 11.6 Å². The van der Waals surface area contributed by atoms with E-state index < -0.39 is 16.7 Å². The topological polar surface area (TPSA) is 93.7 Å². The molecule has 178 valence electrons. The van der Waals surface area contributed by atoms with Crippen LogP contribution in [0.5, 0.6) is 11.5 Å². The molecule has 2 rings (SSSR count). The van der Waals surface area contributed by atoms with E-state index in [1.165, 1.54) is 0 Å². The fraction of sp³-hybridized carbons (Fsp3) is 0.375. The van der Waals surface area contributed by atoms with Crippen LogP contribution in [0.4, 0.5) is 0 Å². The van der Waals surface area contributed by atoms with Gasteiger partial charge in [-0.05, 0) is 54.3 Å². The van der Waals surface area contributed by atoms with Crippen molar-refractivity contribution in [3.63, 3.8) is 0 Å². The molecule has 7 nitrogen and oxygen atoms in total. The van der Waals surface area contributed by atoms with E-state index in [1.807, 2.05) is 44.2 Å². The Kier molecular flexibility index (Phi) is 11.0. The van der Waals surface area contributed by atoms with Gasteiger partial charge in [0, 0.05) is 17.1 Å². The summed E-state index contributed by atoms with van der Waals surface area (Å²) < 4.78 is 32.8. The smallest absolute Gasteiger partial charge is 0.237 e. The van der Waals surface area contributed by atoms with E-state index in [9.17, 15) is 13.2 Å². The molecule has 0 aromatic heterocycles. The first kappa shape index (κ1) is 26.5. The van der Waals surface area contributed by atoms with Gasteiger partial charge >= 0.3 is 0 Å². The number of amides is 1. The Morgan fingerprint density at radius 2 is 1.85 bits per heavy atom. The zero-order valence-electron chi connectivity index (χ0n) is 18.9. The van der Waals surface area contributed by atoms with Crippen molar-refractivity contribution in [1.29, 1.82) is 0 Å². The molecule has 9 heteroatoms. The maximum atomic E-state index is 12.4. The van der Waals surface area contributed by atoms with E-state index in [0.29, 0.717) is 29.5 Å². The number of methoxy groups -OCH3 is 1. The highest BCUT2D eigenvalue weighted by Gasteiger charge is 2.21. The molecule has 0 heterocycles. The first-order valence-corrected chi connectivity index (χ1v) is 12.2. The number of nitrogens with one attached hydrogen (secondary N) is 2. The maximum absolute atomic E-state index is 12.4. The van der Waals surface area contributed by atoms with Gasteiger partial charge in [-0.3, -0.25) is 10.1 Å². The van der Waals surface area contributed by atoms with E-state index in [2.05, 4.69) is 22.5 Å². The van der Waals surface area contributed by atoms with Crippen LogP contribution in [0.25, 0.3) is 0 Å². The standard InChI is InChI=1S/C24H29ClN2O5S/c1-17(2)23(27-16-33(29)30)24(28)26-13-12-19-8-11-21(22(15-19)31-3)32-14-4-5-18-6-9-20(25)10-7-18/h6-11,15,17,23,27,33H,12-14,16H2,1-3H3,(H,26,28). The number of carbonyl (C=O) groups is 1. The van der Waals surface area contributed by atoms with Crippen LogP contribution in [-0.4, -0.2) is 46.5 Å². The average Bonchev–Trinajstić information content (AvgIpc) is 2.78. The van der Waals surface area contributed by atoms with Gasteiger partial charge in [0.25, 0.3) is 0 Å². The van der Waals surface area contributed by atoms with Crippen molar-refractivity contribution in [1.82, 2.24) is 10.6 Å². The maximum Gasteiger partial charge on any atom is 0.237 e. The van der Waals surface area contributed by atoms with Crippen LogP contribution in [0.3, 0.4) is 0 Å². The molecule has 2 aromatic rings. The number of ether oxygens (including phenoxy) is 2. The van der Waals surface area contributed by atoms with Gasteiger partial charge in [0.15, 0.2) is 22.2 Å². The third-order valence-corrected chi connectivity index (χ3v) is 5.40. The van der Waals surface area contributed by atoms with Gasteiger partial charge in [0.05, 0.1) is 19.0 Å². The van der Waals surface area contributed by atoms with Crippen molar-refractivity contribution >= 4 is 28.2 Å². The van der Waals surface area contributed by atoms with E-state index >= 15 is 0 Å². The third kappa shape index (κ3) is 9.34. The summed E-state index contributed by atoms with van der Waals surface area (Å²) in [4.78, 5) is 12.4.